The number of methoxy groups -OCH3 is 1. The first-order valence-electron chi connectivity index (χ1n) is 9.04. The zero-order valence-electron chi connectivity index (χ0n) is 16.4. The van der Waals surface area contributed by atoms with Gasteiger partial charge < -0.3 is 21.1 Å². The number of halogens is 1. The minimum Gasteiger partial charge on any atom is -0.495 e. The van der Waals surface area contributed by atoms with Crippen LogP contribution in [0.3, 0.4) is 0 Å². The second kappa shape index (κ2) is 9.27. The Bertz CT molecular complexity index is 1020. The summed E-state index contributed by atoms with van der Waals surface area (Å²) < 4.78 is 5.19. The highest BCUT2D eigenvalue weighted by atomic mass is 35.5. The third kappa shape index (κ3) is 5.48. The molecule has 3 rings (SSSR count). The number of aliphatic imine (C=N–C) groups is 2. The van der Waals surface area contributed by atoms with E-state index in [0.717, 1.165) is 11.3 Å². The predicted octanol–water partition coefficient (Wildman–Crippen LogP) is 2.27. The fourth-order valence-corrected chi connectivity index (χ4v) is 2.88. The molecule has 0 bridgehead atoms. The summed E-state index contributed by atoms with van der Waals surface area (Å²) in [5.41, 5.74) is 8.13. The summed E-state index contributed by atoms with van der Waals surface area (Å²) in [6, 6.07) is 11.5. The first-order chi connectivity index (χ1) is 14.3. The Hall–Kier alpha value is -3.59. The van der Waals surface area contributed by atoms with Crippen LogP contribution in [-0.2, 0) is 9.59 Å². The maximum atomic E-state index is 12.4. The van der Waals surface area contributed by atoms with Crippen molar-refractivity contribution in [2.24, 2.45) is 15.7 Å². The van der Waals surface area contributed by atoms with E-state index >= 15 is 0 Å². The van der Waals surface area contributed by atoms with Crippen molar-refractivity contribution in [3.8, 4) is 5.75 Å². The number of hydrogen-bond donors (Lipinski definition) is 4. The lowest BCUT2D eigenvalue weighted by atomic mass is 10.2. The molecular formula is C20H21ClN6O3. The first kappa shape index (κ1) is 21.1. The predicted molar refractivity (Wildman–Crippen MR) is 117 cm³/mol. The number of anilines is 2. The molecule has 0 fully saturated rings. The molecule has 2 amide bonds. The van der Waals surface area contributed by atoms with Gasteiger partial charge in [0.15, 0.2) is 0 Å². The monoisotopic (exact) mass is 428 g/mol. The number of hydrogen-bond acceptors (Lipinski definition) is 5. The first-order valence-corrected chi connectivity index (χ1v) is 9.42. The highest BCUT2D eigenvalue weighted by Crippen LogP contribution is 2.28. The highest BCUT2D eigenvalue weighted by molar-refractivity contribution is 6.31. The van der Waals surface area contributed by atoms with Crippen LogP contribution in [0.5, 0.6) is 5.75 Å². The molecule has 2 aromatic rings. The van der Waals surface area contributed by atoms with E-state index in [1.54, 1.807) is 18.2 Å². The Morgan fingerprint density at radius 2 is 2.00 bits per heavy atom. The third-order valence-corrected chi connectivity index (χ3v) is 4.42. The van der Waals surface area contributed by atoms with Gasteiger partial charge in [-0.2, -0.15) is 4.99 Å². The van der Waals surface area contributed by atoms with Gasteiger partial charge in [-0.05, 0) is 37.3 Å². The van der Waals surface area contributed by atoms with Crippen LogP contribution in [0.4, 0.5) is 11.4 Å². The lowest BCUT2D eigenvalue weighted by Gasteiger charge is -2.11. The second-order valence-corrected chi connectivity index (χ2v) is 6.98. The number of ether oxygens (including phenoxy) is 1. The Kier molecular flexibility index (Phi) is 6.53. The van der Waals surface area contributed by atoms with E-state index in [9.17, 15) is 9.59 Å². The summed E-state index contributed by atoms with van der Waals surface area (Å²) in [5, 5.41) is 8.53. The quantitative estimate of drug-likeness (QED) is 0.428. The van der Waals surface area contributed by atoms with E-state index in [1.807, 2.05) is 31.2 Å². The SMILES string of the molecule is COc1ccc(Cl)cc1NC(=O)CC1N=C(/N=C(\N)Nc2ccc(C)cc2)NC1=O. The zero-order valence-corrected chi connectivity index (χ0v) is 17.2. The van der Waals surface area contributed by atoms with Gasteiger partial charge in [0.2, 0.25) is 17.8 Å². The molecule has 30 heavy (non-hydrogen) atoms. The number of amides is 2. The van der Waals surface area contributed by atoms with Crippen LogP contribution in [0.25, 0.3) is 0 Å². The van der Waals surface area contributed by atoms with Gasteiger partial charge in [0.25, 0.3) is 5.91 Å². The number of carbonyl (C=O) groups excluding carboxylic acids is 2. The van der Waals surface area contributed by atoms with Gasteiger partial charge in [-0.1, -0.05) is 29.3 Å². The fourth-order valence-electron chi connectivity index (χ4n) is 2.71. The topological polar surface area (TPSA) is 130 Å². The molecule has 0 spiro atoms. The van der Waals surface area contributed by atoms with Crippen LogP contribution < -0.4 is 26.4 Å². The Morgan fingerprint density at radius 3 is 2.70 bits per heavy atom. The van der Waals surface area contributed by atoms with Crippen molar-refractivity contribution in [1.29, 1.82) is 0 Å². The molecule has 156 valence electrons. The van der Waals surface area contributed by atoms with Gasteiger partial charge in [0, 0.05) is 10.7 Å². The molecule has 0 aliphatic carbocycles. The Morgan fingerprint density at radius 1 is 1.27 bits per heavy atom. The minimum atomic E-state index is -0.916. The van der Waals surface area contributed by atoms with Crippen LogP contribution in [0.1, 0.15) is 12.0 Å². The molecule has 1 atom stereocenters. The standard InChI is InChI=1S/C20H21ClN6O3/c1-11-3-6-13(7-4-11)23-19(22)27-20-25-15(18(29)26-20)10-17(28)24-14-9-12(21)5-8-16(14)30-2/h3-9,15H,10H2,1-2H3,(H,24,28)(H4,22,23,25,26,27,29). The summed E-state index contributed by atoms with van der Waals surface area (Å²) in [6.45, 7) is 1.97. The van der Waals surface area contributed by atoms with Crippen LogP contribution in [0.15, 0.2) is 52.4 Å². The van der Waals surface area contributed by atoms with E-state index in [0.29, 0.717) is 16.5 Å². The summed E-state index contributed by atoms with van der Waals surface area (Å²) >= 11 is 5.96. The fraction of sp³-hybridized carbons (Fsp3) is 0.200. The number of aryl methyl sites for hydroxylation is 1. The van der Waals surface area contributed by atoms with Gasteiger partial charge in [0.05, 0.1) is 19.2 Å². The van der Waals surface area contributed by atoms with Gasteiger partial charge in [-0.3, -0.25) is 14.9 Å². The van der Waals surface area contributed by atoms with Crippen molar-refractivity contribution >= 4 is 46.7 Å². The van der Waals surface area contributed by atoms with Crippen LogP contribution in [-0.4, -0.2) is 36.9 Å². The van der Waals surface area contributed by atoms with Crippen LogP contribution >= 0.6 is 11.6 Å². The molecule has 5 N–H and O–H groups in total. The van der Waals surface area contributed by atoms with Crippen molar-refractivity contribution in [3.05, 3.63) is 53.1 Å². The lowest BCUT2D eigenvalue weighted by Crippen LogP contribution is -2.32. The average Bonchev–Trinajstić information content (AvgIpc) is 3.02. The number of benzene rings is 2. The summed E-state index contributed by atoms with van der Waals surface area (Å²) in [4.78, 5) is 32.7. The molecule has 1 heterocycles. The molecule has 0 saturated carbocycles. The summed E-state index contributed by atoms with van der Waals surface area (Å²) in [6.07, 6.45) is -0.175. The van der Waals surface area contributed by atoms with Crippen molar-refractivity contribution < 1.29 is 14.3 Å². The third-order valence-electron chi connectivity index (χ3n) is 4.18. The number of rotatable bonds is 5. The maximum Gasteiger partial charge on any atom is 0.252 e. The van der Waals surface area contributed by atoms with Gasteiger partial charge in [-0.25, -0.2) is 4.99 Å². The zero-order chi connectivity index (χ0) is 21.7. The van der Waals surface area contributed by atoms with Crippen molar-refractivity contribution in [3.63, 3.8) is 0 Å². The minimum absolute atomic E-state index is 0.0373. The van der Waals surface area contributed by atoms with Crippen molar-refractivity contribution in [2.75, 3.05) is 17.7 Å². The van der Waals surface area contributed by atoms with E-state index < -0.39 is 17.9 Å². The number of carbonyl (C=O) groups is 2. The molecule has 10 heteroatoms. The van der Waals surface area contributed by atoms with E-state index in [4.69, 9.17) is 22.1 Å². The largest absolute Gasteiger partial charge is 0.495 e. The summed E-state index contributed by atoms with van der Waals surface area (Å²) in [7, 11) is 1.48. The van der Waals surface area contributed by atoms with Crippen LogP contribution in [0, 0.1) is 6.92 Å². The highest BCUT2D eigenvalue weighted by Gasteiger charge is 2.29. The molecule has 1 aliphatic rings. The molecule has 0 aromatic heterocycles. The Labute approximate surface area is 178 Å². The number of guanidine groups is 2. The maximum absolute atomic E-state index is 12.4. The van der Waals surface area contributed by atoms with E-state index in [-0.39, 0.29) is 18.3 Å². The molecule has 1 unspecified atom stereocenters. The molecular weight excluding hydrogens is 408 g/mol. The number of nitrogens with one attached hydrogen (secondary N) is 3. The molecule has 0 radical (unpaired) electrons. The molecule has 9 nitrogen and oxygen atoms in total. The average molecular weight is 429 g/mol. The molecule has 2 aromatic carbocycles. The van der Waals surface area contributed by atoms with Crippen LogP contribution in [0.2, 0.25) is 5.02 Å². The van der Waals surface area contributed by atoms with Gasteiger partial charge in [0.1, 0.15) is 11.8 Å². The van der Waals surface area contributed by atoms with E-state index in [1.165, 1.54) is 7.11 Å². The number of nitrogens with two attached hydrogens (primary N) is 1. The normalized spacial score (nSPS) is 16.0. The smallest absolute Gasteiger partial charge is 0.252 e. The van der Waals surface area contributed by atoms with Crippen molar-refractivity contribution in [2.45, 2.75) is 19.4 Å². The molecule has 0 saturated heterocycles. The summed E-state index contributed by atoms with van der Waals surface area (Å²) in [5.74, 6) is -0.310. The van der Waals surface area contributed by atoms with Gasteiger partial charge >= 0.3 is 0 Å². The lowest BCUT2D eigenvalue weighted by molar-refractivity contribution is -0.123. The number of nitrogens with zero attached hydrogens (tertiary/aromatic N) is 2. The molecule has 1 aliphatic heterocycles. The Balaban J connectivity index is 1.63. The van der Waals surface area contributed by atoms with Crippen molar-refractivity contribution in [1.82, 2.24) is 5.32 Å². The van der Waals surface area contributed by atoms with E-state index in [2.05, 4.69) is 25.9 Å². The van der Waals surface area contributed by atoms with Gasteiger partial charge in [-0.15, -0.1) is 0 Å². The second-order valence-electron chi connectivity index (χ2n) is 6.54.